The molecule has 0 atom stereocenters. The van der Waals surface area contributed by atoms with Gasteiger partial charge in [0.2, 0.25) is 10.0 Å². The third kappa shape index (κ3) is 5.57. The molecule has 5 heteroatoms. The summed E-state index contributed by atoms with van der Waals surface area (Å²) in [7, 11) is -1.36. The van der Waals surface area contributed by atoms with Crippen LogP contribution in [0.5, 0.6) is 0 Å². The molecule has 0 aromatic heterocycles. The van der Waals surface area contributed by atoms with Gasteiger partial charge in [-0.15, -0.1) is 0 Å². The van der Waals surface area contributed by atoms with Gasteiger partial charge in [-0.25, -0.2) is 12.7 Å². The first-order valence-corrected chi connectivity index (χ1v) is 6.80. The Morgan fingerprint density at radius 3 is 2.43 bits per heavy atom. The van der Waals surface area contributed by atoms with Crippen LogP contribution in [0.4, 0.5) is 0 Å². The molecule has 0 heterocycles. The summed E-state index contributed by atoms with van der Waals surface area (Å²) in [6, 6.07) is 0. The molecule has 14 heavy (non-hydrogen) atoms. The molecule has 0 rings (SSSR count). The Kier molecular flexibility index (Phi) is 7.13. The van der Waals surface area contributed by atoms with E-state index in [0.29, 0.717) is 13.0 Å². The Labute approximate surface area is 87.7 Å². The maximum atomic E-state index is 11.6. The van der Waals surface area contributed by atoms with Crippen LogP contribution >= 0.6 is 0 Å². The third-order valence-electron chi connectivity index (χ3n) is 2.02. The molecule has 0 unspecified atom stereocenters. The maximum absolute atomic E-state index is 11.6. The van der Waals surface area contributed by atoms with Gasteiger partial charge in [0.05, 0.1) is 5.75 Å². The zero-order valence-electron chi connectivity index (χ0n) is 9.41. The van der Waals surface area contributed by atoms with Crippen molar-refractivity contribution in [2.45, 2.75) is 26.7 Å². The highest BCUT2D eigenvalue weighted by Crippen LogP contribution is 2.00. The Morgan fingerprint density at radius 1 is 1.29 bits per heavy atom. The van der Waals surface area contributed by atoms with Gasteiger partial charge in [-0.3, -0.25) is 0 Å². The number of nitrogens with zero attached hydrogens (tertiary/aromatic N) is 1. The number of sulfonamides is 1. The Balaban J connectivity index is 3.83. The summed E-state index contributed by atoms with van der Waals surface area (Å²) in [4.78, 5) is 0. The molecule has 0 aliphatic heterocycles. The van der Waals surface area contributed by atoms with E-state index in [2.05, 4.69) is 5.32 Å². The van der Waals surface area contributed by atoms with Crippen molar-refractivity contribution < 1.29 is 8.42 Å². The van der Waals surface area contributed by atoms with Crippen molar-refractivity contribution in [3.63, 3.8) is 0 Å². The fraction of sp³-hybridized carbons (Fsp3) is 1.00. The average molecular weight is 222 g/mol. The van der Waals surface area contributed by atoms with Gasteiger partial charge in [-0.05, 0) is 25.9 Å². The van der Waals surface area contributed by atoms with Crippen molar-refractivity contribution in [3.8, 4) is 0 Å². The highest BCUT2D eigenvalue weighted by molar-refractivity contribution is 7.89. The second-order valence-electron chi connectivity index (χ2n) is 3.34. The van der Waals surface area contributed by atoms with E-state index >= 15 is 0 Å². The molecule has 0 saturated heterocycles. The normalized spacial score (nSPS) is 12.3. The standard InChI is InChI=1S/C9H22N2O2S/c1-4-8-11(3)14(12,13)9-6-7-10-5-2/h10H,4-9H2,1-3H3. The van der Waals surface area contributed by atoms with Crippen molar-refractivity contribution in [1.29, 1.82) is 0 Å². The fourth-order valence-corrected chi connectivity index (χ4v) is 2.45. The molecule has 0 amide bonds. The first-order chi connectivity index (χ1) is 6.54. The summed E-state index contributed by atoms with van der Waals surface area (Å²) >= 11 is 0. The minimum absolute atomic E-state index is 0.247. The SMILES string of the molecule is CCCN(C)S(=O)(=O)CCCNCC. The highest BCUT2D eigenvalue weighted by Gasteiger charge is 2.15. The summed E-state index contributed by atoms with van der Waals surface area (Å²) in [5.74, 6) is 0.247. The first-order valence-electron chi connectivity index (χ1n) is 5.19. The molecule has 86 valence electrons. The van der Waals surface area contributed by atoms with E-state index in [-0.39, 0.29) is 5.75 Å². The maximum Gasteiger partial charge on any atom is 0.213 e. The average Bonchev–Trinajstić information content (AvgIpc) is 2.13. The molecule has 0 aromatic rings. The molecule has 4 nitrogen and oxygen atoms in total. The molecule has 0 radical (unpaired) electrons. The predicted octanol–water partition coefficient (Wildman–Crippen LogP) is 0.658. The lowest BCUT2D eigenvalue weighted by Crippen LogP contribution is -2.31. The van der Waals surface area contributed by atoms with E-state index in [0.717, 1.165) is 19.5 Å². The van der Waals surface area contributed by atoms with Gasteiger partial charge >= 0.3 is 0 Å². The largest absolute Gasteiger partial charge is 0.317 e. The van der Waals surface area contributed by atoms with Crippen LogP contribution < -0.4 is 5.32 Å². The van der Waals surface area contributed by atoms with E-state index in [1.165, 1.54) is 4.31 Å². The lowest BCUT2D eigenvalue weighted by Gasteiger charge is -2.15. The van der Waals surface area contributed by atoms with E-state index in [1.54, 1.807) is 7.05 Å². The number of hydrogen-bond acceptors (Lipinski definition) is 3. The quantitative estimate of drug-likeness (QED) is 0.614. The zero-order chi connectivity index (χ0) is 11.0. The second kappa shape index (κ2) is 7.20. The number of hydrogen-bond donors (Lipinski definition) is 1. The highest BCUT2D eigenvalue weighted by atomic mass is 32.2. The van der Waals surface area contributed by atoms with Crippen LogP contribution in [0.25, 0.3) is 0 Å². The van der Waals surface area contributed by atoms with Crippen LogP contribution in [-0.2, 0) is 10.0 Å². The first kappa shape index (κ1) is 13.9. The lowest BCUT2D eigenvalue weighted by atomic mass is 10.5. The Morgan fingerprint density at radius 2 is 1.93 bits per heavy atom. The molecule has 0 spiro atoms. The van der Waals surface area contributed by atoms with E-state index in [1.807, 2.05) is 13.8 Å². The van der Waals surface area contributed by atoms with Gasteiger partial charge in [-0.2, -0.15) is 0 Å². The van der Waals surface area contributed by atoms with Gasteiger partial charge in [0, 0.05) is 13.6 Å². The second-order valence-corrected chi connectivity index (χ2v) is 5.54. The van der Waals surface area contributed by atoms with Crippen LogP contribution in [0.2, 0.25) is 0 Å². The monoisotopic (exact) mass is 222 g/mol. The smallest absolute Gasteiger partial charge is 0.213 e. The molecule has 0 aromatic carbocycles. The molecule has 1 N–H and O–H groups in total. The minimum Gasteiger partial charge on any atom is -0.317 e. The Bertz CT molecular complexity index is 227. The van der Waals surface area contributed by atoms with Crippen molar-refractivity contribution in [2.24, 2.45) is 0 Å². The van der Waals surface area contributed by atoms with Gasteiger partial charge in [0.15, 0.2) is 0 Å². The van der Waals surface area contributed by atoms with Crippen molar-refractivity contribution in [3.05, 3.63) is 0 Å². The lowest BCUT2D eigenvalue weighted by molar-refractivity contribution is 0.466. The predicted molar refractivity (Wildman–Crippen MR) is 59.9 cm³/mol. The molecule has 0 fully saturated rings. The van der Waals surface area contributed by atoms with Crippen LogP contribution in [-0.4, -0.2) is 45.2 Å². The minimum atomic E-state index is -3.01. The van der Waals surface area contributed by atoms with Crippen molar-refractivity contribution in [1.82, 2.24) is 9.62 Å². The van der Waals surface area contributed by atoms with Crippen molar-refractivity contribution >= 4 is 10.0 Å². The summed E-state index contributed by atoms with van der Waals surface area (Å²) in [6.45, 7) is 6.27. The number of nitrogens with one attached hydrogen (secondary N) is 1. The summed E-state index contributed by atoms with van der Waals surface area (Å²) in [5, 5.41) is 3.11. The molecule has 0 aliphatic carbocycles. The van der Waals surface area contributed by atoms with Crippen molar-refractivity contribution in [2.75, 3.05) is 32.4 Å². The summed E-state index contributed by atoms with van der Waals surface area (Å²) in [6.07, 6.45) is 1.55. The third-order valence-corrected chi connectivity index (χ3v) is 3.96. The van der Waals surface area contributed by atoms with Crippen LogP contribution in [0.1, 0.15) is 26.7 Å². The van der Waals surface area contributed by atoms with Gasteiger partial charge in [0.1, 0.15) is 0 Å². The Hall–Kier alpha value is -0.130. The van der Waals surface area contributed by atoms with Crippen LogP contribution in [0.15, 0.2) is 0 Å². The van der Waals surface area contributed by atoms with E-state index in [4.69, 9.17) is 0 Å². The topological polar surface area (TPSA) is 49.4 Å². The van der Waals surface area contributed by atoms with E-state index < -0.39 is 10.0 Å². The molecule has 0 bridgehead atoms. The van der Waals surface area contributed by atoms with Gasteiger partial charge in [0.25, 0.3) is 0 Å². The fourth-order valence-electron chi connectivity index (χ4n) is 1.17. The molecule has 0 saturated carbocycles. The molecular formula is C9H22N2O2S. The summed E-state index contributed by atoms with van der Waals surface area (Å²) in [5.41, 5.74) is 0. The molecular weight excluding hydrogens is 200 g/mol. The van der Waals surface area contributed by atoms with Crippen LogP contribution in [0, 0.1) is 0 Å². The number of rotatable bonds is 8. The van der Waals surface area contributed by atoms with E-state index in [9.17, 15) is 8.42 Å². The van der Waals surface area contributed by atoms with Gasteiger partial charge in [-0.1, -0.05) is 13.8 Å². The summed E-state index contributed by atoms with van der Waals surface area (Å²) < 4.78 is 24.6. The zero-order valence-corrected chi connectivity index (χ0v) is 10.2. The van der Waals surface area contributed by atoms with Crippen LogP contribution in [0.3, 0.4) is 0 Å². The molecule has 0 aliphatic rings. The van der Waals surface area contributed by atoms with Gasteiger partial charge < -0.3 is 5.32 Å².